The average Bonchev–Trinajstić information content (AvgIpc) is 2.84. The number of nitrogens with one attached hydrogen (secondary N) is 1. The first-order valence-electron chi connectivity index (χ1n) is 10.9. The number of pyridine rings is 3. The van der Waals surface area contributed by atoms with Gasteiger partial charge in [-0.25, -0.2) is 4.98 Å². The van der Waals surface area contributed by atoms with Crippen LogP contribution in [0.4, 0.5) is 24.7 Å². The van der Waals surface area contributed by atoms with Crippen molar-refractivity contribution < 1.29 is 22.8 Å². The third-order valence-electron chi connectivity index (χ3n) is 5.86. The van der Waals surface area contributed by atoms with Crippen LogP contribution in [-0.2, 0) is 28.7 Å². The number of hydrogen-bond acceptors (Lipinski definition) is 6. The van der Waals surface area contributed by atoms with Crippen molar-refractivity contribution in [2.45, 2.75) is 44.9 Å². The zero-order valence-corrected chi connectivity index (χ0v) is 18.8. The van der Waals surface area contributed by atoms with Gasteiger partial charge in [-0.2, -0.15) is 13.2 Å². The molecule has 0 aromatic carbocycles. The zero-order chi connectivity index (χ0) is 25.2. The summed E-state index contributed by atoms with van der Waals surface area (Å²) in [6, 6.07) is 6.88. The van der Waals surface area contributed by atoms with Gasteiger partial charge in [0.2, 0.25) is 0 Å². The number of amides is 2. The van der Waals surface area contributed by atoms with Crippen LogP contribution in [0.25, 0.3) is 0 Å². The van der Waals surface area contributed by atoms with Crippen LogP contribution in [-0.4, -0.2) is 31.7 Å². The molecule has 2 amide bonds. The van der Waals surface area contributed by atoms with Crippen LogP contribution >= 0.6 is 0 Å². The molecule has 3 N–H and O–H groups in total. The van der Waals surface area contributed by atoms with Crippen molar-refractivity contribution in [2.24, 2.45) is 0 Å². The number of nitrogens with two attached hydrogens (primary N) is 1. The molecule has 1 aliphatic rings. The Hall–Kier alpha value is -4.02. The summed E-state index contributed by atoms with van der Waals surface area (Å²) in [5, 5.41) is 2.53. The molecule has 0 fully saturated rings. The second-order valence-corrected chi connectivity index (χ2v) is 8.31. The Bertz CT molecular complexity index is 1250. The van der Waals surface area contributed by atoms with E-state index >= 15 is 0 Å². The number of fused-ring (bicyclic) bond motifs is 1. The van der Waals surface area contributed by atoms with Gasteiger partial charge in [0.05, 0.1) is 41.4 Å². The molecule has 0 aliphatic heterocycles. The Labute approximate surface area is 199 Å². The Balaban J connectivity index is 1.64. The second-order valence-electron chi connectivity index (χ2n) is 8.31. The van der Waals surface area contributed by atoms with Crippen LogP contribution in [0.2, 0.25) is 0 Å². The second kappa shape index (κ2) is 9.69. The lowest BCUT2D eigenvalue weighted by atomic mass is 9.90. The van der Waals surface area contributed by atoms with Gasteiger partial charge in [-0.1, -0.05) is 6.07 Å². The van der Waals surface area contributed by atoms with Crippen molar-refractivity contribution in [1.29, 1.82) is 0 Å². The third-order valence-corrected chi connectivity index (χ3v) is 5.86. The molecule has 1 aliphatic carbocycles. The van der Waals surface area contributed by atoms with Gasteiger partial charge in [0, 0.05) is 12.4 Å². The number of rotatable bonds is 4. The third kappa shape index (κ3) is 5.39. The molecule has 0 saturated carbocycles. The molecule has 11 heteroatoms. The van der Waals surface area contributed by atoms with Gasteiger partial charge in [0.25, 0.3) is 0 Å². The molecule has 3 heterocycles. The highest BCUT2D eigenvalue weighted by Crippen LogP contribution is 2.34. The van der Waals surface area contributed by atoms with E-state index < -0.39 is 29.6 Å². The number of nitrogens with zero attached hydrogens (tertiary/aromatic N) is 4. The van der Waals surface area contributed by atoms with E-state index in [0.29, 0.717) is 35.4 Å². The predicted molar refractivity (Wildman–Crippen MR) is 122 cm³/mol. The molecule has 0 radical (unpaired) electrons. The lowest BCUT2D eigenvalue weighted by molar-refractivity contribution is -0.145. The molecule has 8 nitrogen and oxygen atoms in total. The molecule has 1 atom stereocenters. The number of halogens is 3. The number of alkyl halides is 3. The summed E-state index contributed by atoms with van der Waals surface area (Å²) in [4.78, 5) is 39.9. The van der Waals surface area contributed by atoms with E-state index in [4.69, 9.17) is 5.73 Å². The lowest BCUT2D eigenvalue weighted by Gasteiger charge is -2.34. The Morgan fingerprint density at radius 1 is 1.17 bits per heavy atom. The van der Waals surface area contributed by atoms with Crippen molar-refractivity contribution in [3.05, 3.63) is 77.0 Å². The normalized spacial score (nSPS) is 15.3. The first-order valence-corrected chi connectivity index (χ1v) is 10.9. The number of carbonyl (C=O) groups is 2. The van der Waals surface area contributed by atoms with Crippen molar-refractivity contribution in [3.8, 4) is 0 Å². The van der Waals surface area contributed by atoms with E-state index in [2.05, 4.69) is 20.3 Å². The molecule has 3 aromatic rings. The van der Waals surface area contributed by atoms with Crippen LogP contribution in [0.1, 0.15) is 47.0 Å². The maximum Gasteiger partial charge on any atom is 0.417 e. The standard InChI is InChI=1S/C24H23F3N6O2/c1-14-10-18(12-31-21(14)28)32-22(34)23(35)33(13-17-8-7-16(11-30-17)24(25,26)27)19-6-2-4-15-5-3-9-29-20(15)19/h3,5,7-12,19H,2,4,6,13H2,1H3,(H2,28,31)(H,32,34). The fraction of sp³-hybridized carbons (Fsp3) is 0.292. The lowest BCUT2D eigenvalue weighted by Crippen LogP contribution is -2.43. The fourth-order valence-electron chi connectivity index (χ4n) is 4.04. The minimum Gasteiger partial charge on any atom is -0.383 e. The summed E-state index contributed by atoms with van der Waals surface area (Å²) in [6.07, 6.45) is 1.23. The number of nitrogen functional groups attached to an aromatic ring is 1. The highest BCUT2D eigenvalue weighted by Gasteiger charge is 2.35. The Morgan fingerprint density at radius 3 is 2.66 bits per heavy atom. The minimum atomic E-state index is -4.53. The number of aromatic nitrogens is 3. The van der Waals surface area contributed by atoms with E-state index in [1.54, 1.807) is 25.3 Å². The van der Waals surface area contributed by atoms with Crippen LogP contribution < -0.4 is 11.1 Å². The molecular weight excluding hydrogens is 461 g/mol. The summed E-state index contributed by atoms with van der Waals surface area (Å²) >= 11 is 0. The quantitative estimate of drug-likeness (QED) is 0.544. The highest BCUT2D eigenvalue weighted by molar-refractivity contribution is 6.39. The average molecular weight is 484 g/mol. The number of hydrogen-bond donors (Lipinski definition) is 2. The predicted octanol–water partition coefficient (Wildman–Crippen LogP) is 3.83. The summed E-state index contributed by atoms with van der Waals surface area (Å²) in [5.74, 6) is -1.47. The molecule has 1 unspecified atom stereocenters. The van der Waals surface area contributed by atoms with E-state index in [1.807, 2.05) is 6.07 Å². The minimum absolute atomic E-state index is 0.163. The molecule has 3 aromatic heterocycles. The van der Waals surface area contributed by atoms with Crippen LogP contribution in [0.5, 0.6) is 0 Å². The van der Waals surface area contributed by atoms with E-state index in [-0.39, 0.29) is 12.2 Å². The largest absolute Gasteiger partial charge is 0.417 e. The van der Waals surface area contributed by atoms with Crippen LogP contribution in [0.15, 0.2) is 48.9 Å². The molecular formula is C24H23F3N6O2. The van der Waals surface area contributed by atoms with Crippen molar-refractivity contribution in [3.63, 3.8) is 0 Å². The Kier molecular flexibility index (Phi) is 6.68. The first-order chi connectivity index (χ1) is 16.6. The monoisotopic (exact) mass is 484 g/mol. The summed E-state index contributed by atoms with van der Waals surface area (Å²) in [7, 11) is 0. The van der Waals surface area contributed by atoms with Crippen molar-refractivity contribution in [2.75, 3.05) is 11.1 Å². The van der Waals surface area contributed by atoms with Gasteiger partial charge in [-0.15, -0.1) is 0 Å². The van der Waals surface area contributed by atoms with Gasteiger partial charge >= 0.3 is 18.0 Å². The molecule has 0 saturated heterocycles. The first kappa shape index (κ1) is 24.1. The fourth-order valence-corrected chi connectivity index (χ4v) is 4.04. The SMILES string of the molecule is Cc1cc(NC(=O)C(=O)N(Cc2ccc(C(F)(F)F)cn2)C2CCCc3cccnc32)cnc1N. The van der Waals surface area contributed by atoms with Crippen molar-refractivity contribution in [1.82, 2.24) is 19.9 Å². The Morgan fingerprint density at radius 2 is 1.97 bits per heavy atom. The molecule has 0 bridgehead atoms. The summed E-state index contributed by atoms with van der Waals surface area (Å²) in [6.45, 7) is 1.55. The summed E-state index contributed by atoms with van der Waals surface area (Å²) in [5.41, 5.74) is 7.58. The van der Waals surface area contributed by atoms with Crippen LogP contribution in [0.3, 0.4) is 0 Å². The van der Waals surface area contributed by atoms with Crippen molar-refractivity contribution >= 4 is 23.3 Å². The molecule has 4 rings (SSSR count). The maximum absolute atomic E-state index is 13.4. The van der Waals surface area contributed by atoms with Gasteiger partial charge in [0.15, 0.2) is 0 Å². The smallest absolute Gasteiger partial charge is 0.383 e. The summed E-state index contributed by atoms with van der Waals surface area (Å²) < 4.78 is 38.9. The van der Waals surface area contributed by atoms with E-state index in [0.717, 1.165) is 24.5 Å². The molecule has 0 spiro atoms. The van der Waals surface area contributed by atoms with Gasteiger partial charge in [0.1, 0.15) is 5.82 Å². The number of anilines is 2. The van der Waals surface area contributed by atoms with Gasteiger partial charge in [-0.05, 0) is 61.6 Å². The molecule has 182 valence electrons. The van der Waals surface area contributed by atoms with E-state index in [1.165, 1.54) is 17.2 Å². The highest BCUT2D eigenvalue weighted by atomic mass is 19.4. The van der Waals surface area contributed by atoms with E-state index in [9.17, 15) is 22.8 Å². The maximum atomic E-state index is 13.4. The van der Waals surface area contributed by atoms with Crippen LogP contribution in [0, 0.1) is 6.92 Å². The topological polar surface area (TPSA) is 114 Å². The number of aryl methyl sites for hydroxylation is 2. The number of carbonyl (C=O) groups excluding carboxylic acids is 2. The molecule has 35 heavy (non-hydrogen) atoms. The zero-order valence-electron chi connectivity index (χ0n) is 18.8. The van der Waals surface area contributed by atoms with Gasteiger partial charge in [-0.3, -0.25) is 19.6 Å². The van der Waals surface area contributed by atoms with Gasteiger partial charge < -0.3 is 16.0 Å².